The van der Waals surface area contributed by atoms with Gasteiger partial charge in [0.2, 0.25) is 5.10 Å². The summed E-state index contributed by atoms with van der Waals surface area (Å²) in [5.74, 6) is -2.89. The van der Waals surface area contributed by atoms with Crippen molar-refractivity contribution in [2.45, 2.75) is 20.0 Å². The van der Waals surface area contributed by atoms with Crippen LogP contribution in [0.15, 0.2) is 18.2 Å². The van der Waals surface area contributed by atoms with Crippen molar-refractivity contribution >= 4 is 28.6 Å². The predicted molar refractivity (Wildman–Crippen MR) is 96.3 cm³/mol. The van der Waals surface area contributed by atoms with Crippen LogP contribution in [0.2, 0.25) is 0 Å². The number of non-ortho nitro benzene ring substituents is 1. The molecule has 0 spiro atoms. The summed E-state index contributed by atoms with van der Waals surface area (Å²) in [5, 5.41) is 48.5. The zero-order chi connectivity index (χ0) is 23.1. The Morgan fingerprint density at radius 2 is 1.83 bits per heavy atom. The standard InChI is InChI=1S/C13H18N6O4.C2HF3O2/c1-3-16(4-2)8-7-14-13-15-18(21)12-9-10(19(22)23)5-6-11(12)17(13)20;3-2(4,5)1(6)7/h5-6,9H,3-4,7-8H2,1-2H3,(H,14,15);(H,6,7). The SMILES string of the molecule is CCN(CC)CCNc1n[n+]([O-])c2cc([N+](=O)[O-])ccc2[n+]1[O-].O=C(O)C(F)(F)F. The number of rotatable bonds is 7. The summed E-state index contributed by atoms with van der Waals surface area (Å²) in [6.07, 6.45) is -5.08. The number of carboxylic acids is 1. The minimum absolute atomic E-state index is 0.0194. The molecule has 12 nitrogen and oxygen atoms in total. The first-order valence-corrected chi connectivity index (χ1v) is 8.50. The Bertz CT molecular complexity index is 907. The number of anilines is 1. The van der Waals surface area contributed by atoms with E-state index in [4.69, 9.17) is 9.90 Å². The second-order valence-corrected chi connectivity index (χ2v) is 5.68. The number of nitrogens with zero attached hydrogens (tertiary/aromatic N) is 5. The second kappa shape index (κ2) is 10.3. The number of alkyl halides is 3. The number of halogens is 3. The van der Waals surface area contributed by atoms with Crippen LogP contribution >= 0.6 is 0 Å². The van der Waals surface area contributed by atoms with Gasteiger partial charge in [-0.25, -0.2) is 9.52 Å². The molecule has 1 aromatic heterocycles. The van der Waals surface area contributed by atoms with Crippen LogP contribution in [0.5, 0.6) is 0 Å². The zero-order valence-corrected chi connectivity index (χ0v) is 15.9. The van der Waals surface area contributed by atoms with Gasteiger partial charge >= 0.3 is 23.6 Å². The van der Waals surface area contributed by atoms with Gasteiger partial charge in [-0.2, -0.15) is 13.2 Å². The first-order valence-electron chi connectivity index (χ1n) is 8.50. The number of hydrogen-bond donors (Lipinski definition) is 2. The Morgan fingerprint density at radius 3 is 2.30 bits per heavy atom. The molecule has 0 aliphatic carbocycles. The lowest BCUT2D eigenvalue weighted by Crippen LogP contribution is -2.45. The Hall–Kier alpha value is -3.49. The van der Waals surface area contributed by atoms with Gasteiger partial charge in [-0.15, -0.1) is 0 Å². The predicted octanol–water partition coefficient (Wildman–Crippen LogP) is 0.797. The van der Waals surface area contributed by atoms with Gasteiger partial charge in [0.25, 0.3) is 5.69 Å². The molecule has 0 aliphatic heterocycles. The Kier molecular flexibility index (Phi) is 8.46. The minimum atomic E-state index is -5.08. The molecular weight excluding hydrogens is 417 g/mol. The molecule has 0 atom stereocenters. The molecule has 1 aromatic carbocycles. The quantitative estimate of drug-likeness (QED) is 0.277. The summed E-state index contributed by atoms with van der Waals surface area (Å²) in [5.41, 5.74) is -0.402. The highest BCUT2D eigenvalue weighted by atomic mass is 19.4. The van der Waals surface area contributed by atoms with Gasteiger partial charge in [0.1, 0.15) is 0 Å². The maximum Gasteiger partial charge on any atom is 0.490 e. The van der Waals surface area contributed by atoms with E-state index in [-0.39, 0.29) is 27.5 Å². The van der Waals surface area contributed by atoms with E-state index < -0.39 is 17.1 Å². The molecule has 2 N–H and O–H groups in total. The van der Waals surface area contributed by atoms with Crippen molar-refractivity contribution in [1.82, 2.24) is 10.00 Å². The van der Waals surface area contributed by atoms with E-state index in [2.05, 4.69) is 15.3 Å². The number of nitro groups is 1. The minimum Gasteiger partial charge on any atom is -0.739 e. The number of nitrogens with one attached hydrogen (secondary N) is 1. The summed E-state index contributed by atoms with van der Waals surface area (Å²) in [7, 11) is 0. The largest absolute Gasteiger partial charge is 0.739 e. The van der Waals surface area contributed by atoms with Crippen molar-refractivity contribution in [3.05, 3.63) is 38.7 Å². The average molecular weight is 436 g/mol. The van der Waals surface area contributed by atoms with E-state index >= 15 is 0 Å². The highest BCUT2D eigenvalue weighted by Gasteiger charge is 2.38. The Labute approximate surface area is 167 Å². The van der Waals surface area contributed by atoms with Crippen LogP contribution in [-0.2, 0) is 4.79 Å². The molecular formula is C15H19F3N6O6. The van der Waals surface area contributed by atoms with E-state index in [0.717, 1.165) is 19.2 Å². The van der Waals surface area contributed by atoms with Crippen LogP contribution in [0.25, 0.3) is 11.0 Å². The Morgan fingerprint density at radius 1 is 1.27 bits per heavy atom. The number of nitro benzene ring substituents is 1. The van der Waals surface area contributed by atoms with E-state index in [1.807, 2.05) is 13.8 Å². The second-order valence-electron chi connectivity index (χ2n) is 5.68. The lowest BCUT2D eigenvalue weighted by atomic mass is 10.3. The van der Waals surface area contributed by atoms with Crippen molar-refractivity contribution in [3.8, 4) is 0 Å². The molecule has 1 heterocycles. The number of fused-ring (bicyclic) bond motifs is 1. The fourth-order valence-electron chi connectivity index (χ4n) is 2.22. The summed E-state index contributed by atoms with van der Waals surface area (Å²) >= 11 is 0. The van der Waals surface area contributed by atoms with Gasteiger partial charge in [-0.05, 0) is 19.2 Å². The van der Waals surface area contributed by atoms with Gasteiger partial charge in [0.15, 0.2) is 5.52 Å². The molecule has 0 radical (unpaired) electrons. The third-order valence-electron chi connectivity index (χ3n) is 3.82. The number of aliphatic carboxylic acids is 1. The maximum absolute atomic E-state index is 12.2. The van der Waals surface area contributed by atoms with Crippen LogP contribution in [0.4, 0.5) is 24.8 Å². The molecule has 30 heavy (non-hydrogen) atoms. The molecule has 0 unspecified atom stereocenters. The Balaban J connectivity index is 0.000000553. The van der Waals surface area contributed by atoms with E-state index in [1.54, 1.807) is 0 Å². The highest BCUT2D eigenvalue weighted by molar-refractivity contribution is 5.73. The molecule has 2 aromatic rings. The molecule has 0 bridgehead atoms. The van der Waals surface area contributed by atoms with Crippen LogP contribution in [0, 0.1) is 20.5 Å². The number of aromatic nitrogens is 3. The van der Waals surface area contributed by atoms with E-state index in [9.17, 15) is 33.7 Å². The third-order valence-corrected chi connectivity index (χ3v) is 3.82. The number of hydrogen-bond acceptors (Lipinski definition) is 8. The molecule has 0 aliphatic rings. The number of likely N-dealkylation sites (N-methyl/N-ethyl adjacent to an activating group) is 1. The fourth-order valence-corrected chi connectivity index (χ4v) is 2.22. The van der Waals surface area contributed by atoms with Gasteiger partial charge in [-0.1, -0.05) is 13.8 Å². The summed E-state index contributed by atoms with van der Waals surface area (Å²) in [6, 6.07) is 3.45. The highest BCUT2D eigenvalue weighted by Crippen LogP contribution is 2.16. The van der Waals surface area contributed by atoms with Crippen LogP contribution in [0.3, 0.4) is 0 Å². The average Bonchev–Trinajstić information content (AvgIpc) is 2.68. The molecule has 0 amide bonds. The van der Waals surface area contributed by atoms with Gasteiger partial charge in [-0.3, -0.25) is 15.4 Å². The summed E-state index contributed by atoms with van der Waals surface area (Å²) in [4.78, 5) is 21.4. The topological polar surface area (TPSA) is 162 Å². The summed E-state index contributed by atoms with van der Waals surface area (Å²) < 4.78 is 32.2. The number of benzene rings is 1. The van der Waals surface area contributed by atoms with Crippen molar-refractivity contribution < 1.29 is 37.6 Å². The van der Waals surface area contributed by atoms with Crippen LogP contribution < -0.4 is 14.9 Å². The molecule has 15 heteroatoms. The van der Waals surface area contributed by atoms with Crippen LogP contribution in [0.1, 0.15) is 13.8 Å². The smallest absolute Gasteiger partial charge is 0.490 e. The molecule has 166 valence electrons. The summed E-state index contributed by atoms with van der Waals surface area (Å²) in [6.45, 7) is 6.98. The first-order chi connectivity index (χ1) is 13.9. The van der Waals surface area contributed by atoms with E-state index in [0.29, 0.717) is 17.8 Å². The van der Waals surface area contributed by atoms with Crippen LogP contribution in [-0.4, -0.2) is 58.4 Å². The number of carbonyl (C=O) groups is 1. The molecule has 0 fully saturated rings. The first kappa shape index (κ1) is 24.5. The monoisotopic (exact) mass is 436 g/mol. The maximum atomic E-state index is 12.2. The van der Waals surface area contributed by atoms with Gasteiger partial charge in [0, 0.05) is 17.5 Å². The molecule has 2 rings (SSSR count). The third kappa shape index (κ3) is 6.54. The van der Waals surface area contributed by atoms with E-state index in [1.165, 1.54) is 12.1 Å². The molecule has 0 saturated heterocycles. The zero-order valence-electron chi connectivity index (χ0n) is 15.9. The fraction of sp³-hybridized carbons (Fsp3) is 0.467. The van der Waals surface area contributed by atoms with Crippen molar-refractivity contribution in [2.24, 2.45) is 0 Å². The van der Waals surface area contributed by atoms with Crippen molar-refractivity contribution in [1.29, 1.82) is 0 Å². The number of carboxylic acid groups (broad SMARTS) is 1. The van der Waals surface area contributed by atoms with Crippen molar-refractivity contribution in [2.75, 3.05) is 31.5 Å². The lowest BCUT2D eigenvalue weighted by molar-refractivity contribution is -0.672. The van der Waals surface area contributed by atoms with Gasteiger partial charge < -0.3 is 20.4 Å². The normalized spacial score (nSPS) is 11.1. The lowest BCUT2D eigenvalue weighted by Gasteiger charge is -2.17. The van der Waals surface area contributed by atoms with Crippen molar-refractivity contribution in [3.63, 3.8) is 0 Å². The molecule has 0 saturated carbocycles. The van der Waals surface area contributed by atoms with Gasteiger partial charge in [0.05, 0.1) is 17.5 Å².